The summed E-state index contributed by atoms with van der Waals surface area (Å²) in [4.78, 5) is 11.2. The maximum Gasteiger partial charge on any atom is 0.364 e. The predicted molar refractivity (Wildman–Crippen MR) is 85.8 cm³/mol. The fourth-order valence-corrected chi connectivity index (χ4v) is 3.23. The predicted octanol–water partition coefficient (Wildman–Crippen LogP) is -6.19. The van der Waals surface area contributed by atoms with Gasteiger partial charge in [0.1, 0.15) is 48.8 Å². The van der Waals surface area contributed by atoms with Crippen molar-refractivity contribution in [3.05, 3.63) is 0 Å². The van der Waals surface area contributed by atoms with Crippen molar-refractivity contribution in [1.29, 1.82) is 0 Å². The number of carboxylic acid groups (broad SMARTS) is 1. The SMILES string of the molecule is O=C(O)[C@]1(O)C[C@@H](O)[C@@H](O[C@H]2O[C@H]([C@@H](O)CO)[C@@H](O)[C@H](O)[C@@H]2O)[C@@H]([C@H](O)CO)O1. The Balaban J connectivity index is 2.25. The summed E-state index contributed by atoms with van der Waals surface area (Å²) in [5.41, 5.74) is 0. The summed E-state index contributed by atoms with van der Waals surface area (Å²) in [6.07, 6.45) is -18.8. The molecular formula is C15H26O14. The van der Waals surface area contributed by atoms with Crippen molar-refractivity contribution in [3.8, 4) is 0 Å². The third-order valence-electron chi connectivity index (χ3n) is 4.88. The zero-order valence-corrected chi connectivity index (χ0v) is 15.0. The van der Waals surface area contributed by atoms with Gasteiger partial charge in [0.2, 0.25) is 0 Å². The van der Waals surface area contributed by atoms with Crippen molar-refractivity contribution in [1.82, 2.24) is 0 Å². The molecule has 0 aromatic rings. The second-order valence-electron chi connectivity index (χ2n) is 6.98. The Kier molecular flexibility index (Phi) is 7.88. The molecule has 2 aliphatic heterocycles. The highest BCUT2D eigenvalue weighted by Gasteiger charge is 2.55. The highest BCUT2D eigenvalue weighted by Crippen LogP contribution is 2.34. The van der Waals surface area contributed by atoms with E-state index in [9.17, 15) is 45.6 Å². The third-order valence-corrected chi connectivity index (χ3v) is 4.88. The summed E-state index contributed by atoms with van der Waals surface area (Å²) >= 11 is 0. The molecule has 14 nitrogen and oxygen atoms in total. The average Bonchev–Trinajstić information content (AvgIpc) is 2.68. The van der Waals surface area contributed by atoms with Crippen LogP contribution in [0.4, 0.5) is 0 Å². The molecule has 2 fully saturated rings. The van der Waals surface area contributed by atoms with Crippen LogP contribution < -0.4 is 0 Å². The molecule has 0 radical (unpaired) electrons. The van der Waals surface area contributed by atoms with E-state index in [0.717, 1.165) is 0 Å². The molecular weight excluding hydrogens is 404 g/mol. The Morgan fingerprint density at radius 1 is 1.00 bits per heavy atom. The molecule has 10 N–H and O–H groups in total. The van der Waals surface area contributed by atoms with Crippen molar-refractivity contribution in [2.45, 2.75) is 73.4 Å². The van der Waals surface area contributed by atoms with Crippen LogP contribution in [-0.4, -0.2) is 137 Å². The Hall–Kier alpha value is -1.01. The molecule has 0 aromatic heterocycles. The van der Waals surface area contributed by atoms with E-state index in [2.05, 4.69) is 0 Å². The van der Waals surface area contributed by atoms with Gasteiger partial charge in [0, 0.05) is 6.42 Å². The molecule has 0 aliphatic carbocycles. The number of aliphatic carboxylic acids is 1. The van der Waals surface area contributed by atoms with Crippen molar-refractivity contribution < 1.29 is 70.1 Å². The van der Waals surface area contributed by atoms with Crippen LogP contribution >= 0.6 is 0 Å². The Labute approximate surface area is 163 Å². The maximum absolute atomic E-state index is 11.2. The summed E-state index contributed by atoms with van der Waals surface area (Å²) in [5.74, 6) is -4.78. The van der Waals surface area contributed by atoms with Crippen LogP contribution in [0.3, 0.4) is 0 Å². The molecule has 11 atom stereocenters. The van der Waals surface area contributed by atoms with Gasteiger partial charge in [0.15, 0.2) is 6.29 Å². The van der Waals surface area contributed by atoms with Gasteiger partial charge in [-0.1, -0.05) is 0 Å². The first-order valence-electron chi connectivity index (χ1n) is 8.71. The van der Waals surface area contributed by atoms with Crippen molar-refractivity contribution in [2.24, 2.45) is 0 Å². The number of aliphatic hydroxyl groups excluding tert-OH is 8. The average molecular weight is 430 g/mol. The van der Waals surface area contributed by atoms with Crippen LogP contribution in [-0.2, 0) is 19.0 Å². The first-order chi connectivity index (χ1) is 13.5. The summed E-state index contributed by atoms with van der Waals surface area (Å²) in [7, 11) is 0. The molecule has 0 amide bonds. The first-order valence-corrected chi connectivity index (χ1v) is 8.71. The highest BCUT2D eigenvalue weighted by atomic mass is 16.7. The molecule has 0 aromatic carbocycles. The van der Waals surface area contributed by atoms with Gasteiger partial charge in [-0.2, -0.15) is 0 Å². The summed E-state index contributed by atoms with van der Waals surface area (Å²) in [6, 6.07) is 0. The second kappa shape index (κ2) is 9.42. The van der Waals surface area contributed by atoms with Gasteiger partial charge in [-0.15, -0.1) is 0 Å². The number of aliphatic hydroxyl groups is 9. The first kappa shape index (κ1) is 24.3. The topological polar surface area (TPSA) is 247 Å². The molecule has 29 heavy (non-hydrogen) atoms. The van der Waals surface area contributed by atoms with Gasteiger partial charge in [-0.05, 0) is 0 Å². The standard InChI is InChI=1S/C15H26O14/c16-2-5(19)10-8(22)7(21)9(23)13(27-10)28-11-4(18)1-15(26,14(24)25)29-12(11)6(20)3-17/h4-13,16-23,26H,1-3H2,(H,24,25)/t4-,5+,6-,7+,8+,9+,10-,11-,12-,13-,15+/m1/s1. The fourth-order valence-electron chi connectivity index (χ4n) is 3.23. The molecule has 0 unspecified atom stereocenters. The molecule has 2 saturated heterocycles. The van der Waals surface area contributed by atoms with E-state index >= 15 is 0 Å². The third kappa shape index (κ3) is 4.84. The van der Waals surface area contributed by atoms with Gasteiger partial charge in [0.25, 0.3) is 5.79 Å². The highest BCUT2D eigenvalue weighted by molar-refractivity contribution is 5.75. The lowest BCUT2D eigenvalue weighted by atomic mass is 9.91. The zero-order chi connectivity index (χ0) is 22.1. The number of rotatable bonds is 7. The maximum atomic E-state index is 11.2. The Morgan fingerprint density at radius 3 is 2.07 bits per heavy atom. The molecule has 14 heteroatoms. The van der Waals surface area contributed by atoms with Gasteiger partial charge in [-0.25, -0.2) is 4.79 Å². The molecule has 0 saturated carbocycles. The van der Waals surface area contributed by atoms with Crippen LogP contribution in [0.1, 0.15) is 6.42 Å². The lowest BCUT2D eigenvalue weighted by Crippen LogP contribution is -2.66. The summed E-state index contributed by atoms with van der Waals surface area (Å²) in [5, 5.41) is 97.1. The van der Waals surface area contributed by atoms with Gasteiger partial charge >= 0.3 is 5.97 Å². The van der Waals surface area contributed by atoms with Crippen molar-refractivity contribution >= 4 is 5.97 Å². The molecule has 0 spiro atoms. The van der Waals surface area contributed by atoms with E-state index in [0.29, 0.717) is 0 Å². The van der Waals surface area contributed by atoms with E-state index in [1.165, 1.54) is 0 Å². The van der Waals surface area contributed by atoms with Crippen LogP contribution in [0.15, 0.2) is 0 Å². The number of carboxylic acids is 1. The monoisotopic (exact) mass is 430 g/mol. The number of hydrogen-bond acceptors (Lipinski definition) is 13. The molecule has 2 aliphatic rings. The Bertz CT molecular complexity index is 561. The van der Waals surface area contributed by atoms with E-state index in [1.54, 1.807) is 0 Å². The van der Waals surface area contributed by atoms with Gasteiger partial charge in [0.05, 0.1) is 19.3 Å². The van der Waals surface area contributed by atoms with Crippen LogP contribution in [0.5, 0.6) is 0 Å². The van der Waals surface area contributed by atoms with E-state index in [1.807, 2.05) is 0 Å². The minimum atomic E-state index is -2.91. The van der Waals surface area contributed by atoms with Gasteiger partial charge in [-0.3, -0.25) is 0 Å². The second-order valence-corrected chi connectivity index (χ2v) is 6.98. The minimum absolute atomic E-state index is 0.871. The lowest BCUT2D eigenvalue weighted by Gasteiger charge is -2.47. The van der Waals surface area contributed by atoms with E-state index < -0.39 is 92.6 Å². The van der Waals surface area contributed by atoms with E-state index in [-0.39, 0.29) is 0 Å². The smallest absolute Gasteiger partial charge is 0.364 e. The number of hydrogen-bond donors (Lipinski definition) is 10. The minimum Gasteiger partial charge on any atom is -0.477 e. The lowest BCUT2D eigenvalue weighted by molar-refractivity contribution is -0.364. The molecule has 0 bridgehead atoms. The Morgan fingerprint density at radius 2 is 1.55 bits per heavy atom. The molecule has 170 valence electrons. The zero-order valence-electron chi connectivity index (χ0n) is 15.0. The quantitative estimate of drug-likeness (QED) is 0.180. The summed E-state index contributed by atoms with van der Waals surface area (Å²) in [6.45, 7) is -1.85. The number of ether oxygens (including phenoxy) is 3. The van der Waals surface area contributed by atoms with Crippen LogP contribution in [0.2, 0.25) is 0 Å². The van der Waals surface area contributed by atoms with E-state index in [4.69, 9.17) is 24.4 Å². The van der Waals surface area contributed by atoms with Crippen molar-refractivity contribution in [3.63, 3.8) is 0 Å². The number of carbonyl (C=O) groups is 1. The van der Waals surface area contributed by atoms with Crippen LogP contribution in [0, 0.1) is 0 Å². The van der Waals surface area contributed by atoms with Crippen molar-refractivity contribution in [2.75, 3.05) is 13.2 Å². The van der Waals surface area contributed by atoms with Crippen LogP contribution in [0.25, 0.3) is 0 Å². The largest absolute Gasteiger partial charge is 0.477 e. The van der Waals surface area contributed by atoms with Gasteiger partial charge < -0.3 is 65.3 Å². The molecule has 2 heterocycles. The normalized spacial score (nSPS) is 45.6. The summed E-state index contributed by atoms with van der Waals surface area (Å²) < 4.78 is 15.4. The fraction of sp³-hybridized carbons (Fsp3) is 0.933. The molecule has 2 rings (SSSR count).